The van der Waals surface area contributed by atoms with Crippen LogP contribution in [0, 0.1) is 22.0 Å². The van der Waals surface area contributed by atoms with Crippen molar-refractivity contribution in [3.8, 4) is 0 Å². The van der Waals surface area contributed by atoms with Crippen LogP contribution in [0.2, 0.25) is 10.0 Å². The number of imide groups is 1. The zero-order valence-electron chi connectivity index (χ0n) is 18.3. The topological polar surface area (TPSA) is 118 Å². The van der Waals surface area contributed by atoms with Crippen LogP contribution in [0.3, 0.4) is 0 Å². The van der Waals surface area contributed by atoms with E-state index in [0.717, 1.165) is 22.2 Å². The molecule has 2 aromatic rings. The van der Waals surface area contributed by atoms with Gasteiger partial charge >= 0.3 is 0 Å². The number of hydrogen-bond donors (Lipinski definition) is 0. The lowest BCUT2D eigenvalue weighted by Crippen LogP contribution is -2.52. The van der Waals surface area contributed by atoms with E-state index in [9.17, 15) is 29.3 Å². The van der Waals surface area contributed by atoms with Gasteiger partial charge in [-0.1, -0.05) is 55.1 Å². The van der Waals surface area contributed by atoms with E-state index in [4.69, 9.17) is 23.2 Å². The molecule has 0 N–H and O–H groups in total. The summed E-state index contributed by atoms with van der Waals surface area (Å²) in [6, 6.07) is 8.88. The Bertz CT molecular complexity index is 1250. The van der Waals surface area contributed by atoms with E-state index in [0.29, 0.717) is 12.8 Å². The molecule has 0 aromatic heterocycles. The van der Waals surface area contributed by atoms with Crippen molar-refractivity contribution < 1.29 is 24.1 Å². The third-order valence-corrected chi connectivity index (χ3v) is 9.70. The maximum absolute atomic E-state index is 13.5. The normalized spacial score (nSPS) is 23.4. The zero-order valence-corrected chi connectivity index (χ0v) is 23.0. The molecule has 0 spiro atoms. The molecule has 1 saturated heterocycles. The number of carbonyl (C=O) groups is 4. The molecule has 36 heavy (non-hydrogen) atoms. The monoisotopic (exact) mass is 659 g/mol. The second-order valence-electron chi connectivity index (χ2n) is 8.42. The van der Waals surface area contributed by atoms with Crippen molar-refractivity contribution in [3.63, 3.8) is 0 Å². The van der Waals surface area contributed by atoms with Crippen LogP contribution in [0.5, 0.6) is 0 Å². The summed E-state index contributed by atoms with van der Waals surface area (Å²) in [6.07, 6.45) is 0.763. The van der Waals surface area contributed by atoms with Crippen molar-refractivity contribution in [2.45, 2.75) is 22.5 Å². The number of fused-ring (bicyclic) bond motifs is 1. The Hall–Kier alpha value is -2.34. The summed E-state index contributed by atoms with van der Waals surface area (Å²) in [5, 5.41) is 12.8. The van der Waals surface area contributed by atoms with E-state index >= 15 is 0 Å². The molecule has 188 valence electrons. The Balaban J connectivity index is 1.70. The van der Waals surface area contributed by atoms with Gasteiger partial charge in [-0.25, -0.2) is 5.01 Å². The number of Topliss-reactive ketones (excluding diaryl/α,β-unsaturated/α-hetero) is 1. The summed E-state index contributed by atoms with van der Waals surface area (Å²) in [6.45, 7) is -0.650. The minimum absolute atomic E-state index is 0.0214. The Morgan fingerprint density at radius 2 is 1.47 bits per heavy atom. The van der Waals surface area contributed by atoms with Gasteiger partial charge in [0.15, 0.2) is 5.78 Å². The molecule has 0 bridgehead atoms. The summed E-state index contributed by atoms with van der Waals surface area (Å²) in [5.74, 6) is -3.85. The molecule has 2 aromatic carbocycles. The van der Waals surface area contributed by atoms with E-state index in [1.54, 1.807) is 0 Å². The first-order chi connectivity index (χ1) is 17.0. The molecule has 0 radical (unpaired) electrons. The highest BCUT2D eigenvalue weighted by molar-refractivity contribution is 9.12. The molecule has 13 heteroatoms. The minimum atomic E-state index is -0.796. The Kier molecular flexibility index (Phi) is 7.84. The molecular formula is C23H17Br2Cl2N3O6. The van der Waals surface area contributed by atoms with Crippen LogP contribution in [0.4, 0.5) is 5.69 Å². The molecule has 1 aliphatic carbocycles. The number of nitro groups is 1. The van der Waals surface area contributed by atoms with Crippen molar-refractivity contribution in [2.75, 3.05) is 6.54 Å². The Morgan fingerprint density at radius 1 is 0.944 bits per heavy atom. The fourth-order valence-electron chi connectivity index (χ4n) is 4.32. The van der Waals surface area contributed by atoms with Gasteiger partial charge in [-0.2, -0.15) is 5.01 Å². The standard InChI is InChI=1S/C23H17Br2Cl2N3O6/c24-16-8-14-15(9-17(16)25)23(34)29(22(14)33)28(21(32)12-3-6-18(26)19(27)7-12)10-20(31)11-1-4-13(5-2-11)30(35)36/h1-7,14-17H,8-10H2/t14-,15-,16-,17+/m1/s1. The number of amides is 3. The summed E-state index contributed by atoms with van der Waals surface area (Å²) in [5.41, 5.74) is -0.115. The van der Waals surface area contributed by atoms with Crippen LogP contribution in [-0.4, -0.2) is 54.6 Å². The van der Waals surface area contributed by atoms with Crippen molar-refractivity contribution in [1.82, 2.24) is 10.0 Å². The number of non-ortho nitro benzene ring substituents is 1. The Labute approximate surface area is 232 Å². The Morgan fingerprint density at radius 3 is 1.97 bits per heavy atom. The molecular weight excluding hydrogens is 645 g/mol. The van der Waals surface area contributed by atoms with E-state index in [1.165, 1.54) is 30.3 Å². The van der Waals surface area contributed by atoms with Crippen LogP contribution >= 0.6 is 55.1 Å². The second kappa shape index (κ2) is 10.6. The molecule has 2 fully saturated rings. The number of hydrogen-bond acceptors (Lipinski definition) is 6. The highest BCUT2D eigenvalue weighted by Crippen LogP contribution is 2.43. The maximum atomic E-state index is 13.5. The number of ketones is 1. The van der Waals surface area contributed by atoms with Crippen molar-refractivity contribution in [2.24, 2.45) is 11.8 Å². The van der Waals surface area contributed by atoms with E-state index in [-0.39, 0.29) is 36.5 Å². The van der Waals surface area contributed by atoms with Gasteiger partial charge in [0.05, 0.1) is 26.8 Å². The van der Waals surface area contributed by atoms with Crippen molar-refractivity contribution in [3.05, 3.63) is 73.8 Å². The molecule has 2 aliphatic rings. The molecule has 1 aliphatic heterocycles. The van der Waals surface area contributed by atoms with Gasteiger partial charge in [0.25, 0.3) is 23.4 Å². The van der Waals surface area contributed by atoms with Crippen LogP contribution in [-0.2, 0) is 9.59 Å². The highest BCUT2D eigenvalue weighted by atomic mass is 79.9. The fourth-order valence-corrected chi connectivity index (χ4v) is 5.86. The predicted molar refractivity (Wildman–Crippen MR) is 138 cm³/mol. The smallest absolute Gasteiger partial charge is 0.273 e. The fraction of sp³-hybridized carbons (Fsp3) is 0.304. The van der Waals surface area contributed by atoms with E-state index in [2.05, 4.69) is 31.9 Å². The van der Waals surface area contributed by atoms with Crippen molar-refractivity contribution >= 4 is 84.3 Å². The summed E-state index contributed by atoms with van der Waals surface area (Å²) in [4.78, 5) is 63.7. The van der Waals surface area contributed by atoms with Gasteiger partial charge in [0.2, 0.25) is 0 Å². The first-order valence-electron chi connectivity index (χ1n) is 10.7. The van der Waals surface area contributed by atoms with Gasteiger partial charge in [0, 0.05) is 32.9 Å². The average Bonchev–Trinajstić information content (AvgIpc) is 3.08. The molecule has 9 nitrogen and oxygen atoms in total. The van der Waals surface area contributed by atoms with Gasteiger partial charge < -0.3 is 0 Å². The van der Waals surface area contributed by atoms with Crippen LogP contribution in [0.25, 0.3) is 0 Å². The number of nitrogens with zero attached hydrogens (tertiary/aromatic N) is 3. The predicted octanol–water partition coefficient (Wildman–Crippen LogP) is 5.06. The van der Waals surface area contributed by atoms with Gasteiger partial charge in [0.1, 0.15) is 6.54 Å². The van der Waals surface area contributed by atoms with Crippen LogP contribution < -0.4 is 0 Å². The number of carbonyl (C=O) groups excluding carboxylic acids is 4. The SMILES string of the molecule is O=C(CN(C(=O)c1ccc(Cl)c(Cl)c1)N1C(=O)[C@@H]2C[C@@H](Br)[C@@H](Br)C[C@H]2C1=O)c1ccc([N+](=O)[O-])cc1. The van der Waals surface area contributed by atoms with Crippen LogP contribution in [0.1, 0.15) is 33.6 Å². The lowest BCUT2D eigenvalue weighted by molar-refractivity contribution is -0.384. The highest BCUT2D eigenvalue weighted by Gasteiger charge is 2.54. The first kappa shape index (κ1) is 26.7. The number of alkyl halides is 2. The number of hydrazine groups is 1. The molecule has 1 heterocycles. The third-order valence-electron chi connectivity index (χ3n) is 6.22. The lowest BCUT2D eigenvalue weighted by atomic mass is 9.81. The molecule has 4 rings (SSSR count). The molecule has 3 amide bonds. The summed E-state index contributed by atoms with van der Waals surface area (Å²) >= 11 is 19.1. The lowest BCUT2D eigenvalue weighted by Gasteiger charge is -2.30. The molecule has 4 atom stereocenters. The van der Waals surface area contributed by atoms with E-state index < -0.39 is 46.8 Å². The molecule has 0 unspecified atom stereocenters. The number of rotatable bonds is 6. The molecule has 1 saturated carbocycles. The average molecular weight is 662 g/mol. The van der Waals surface area contributed by atoms with E-state index in [1.807, 2.05) is 0 Å². The van der Waals surface area contributed by atoms with Gasteiger partial charge in [-0.3, -0.25) is 29.3 Å². The third kappa shape index (κ3) is 5.06. The number of halogens is 4. The minimum Gasteiger partial charge on any atom is -0.292 e. The largest absolute Gasteiger partial charge is 0.292 e. The number of benzene rings is 2. The summed E-state index contributed by atoms with van der Waals surface area (Å²) in [7, 11) is 0. The maximum Gasteiger partial charge on any atom is 0.273 e. The first-order valence-corrected chi connectivity index (χ1v) is 13.3. The zero-order chi connectivity index (χ0) is 26.3. The number of nitro benzene ring substituents is 1. The van der Waals surface area contributed by atoms with Crippen molar-refractivity contribution in [1.29, 1.82) is 0 Å². The van der Waals surface area contributed by atoms with Crippen LogP contribution in [0.15, 0.2) is 42.5 Å². The second-order valence-corrected chi connectivity index (χ2v) is 11.6. The quantitative estimate of drug-likeness (QED) is 0.140. The summed E-state index contributed by atoms with van der Waals surface area (Å²) < 4.78 is 0. The van der Waals surface area contributed by atoms with Gasteiger partial charge in [-0.05, 0) is 43.2 Å². The van der Waals surface area contributed by atoms with Gasteiger partial charge in [-0.15, -0.1) is 0 Å².